The number of nitroso groups, excluding NO2 is 1. The molecule has 0 radical (unpaired) electrons. The molecule has 3 rings (SSSR count). The molecule has 0 N–H and O–H groups in total. The predicted molar refractivity (Wildman–Crippen MR) is 75.6 cm³/mol. The van der Waals surface area contributed by atoms with Crippen molar-refractivity contribution in [2.24, 2.45) is 5.18 Å². The van der Waals surface area contributed by atoms with E-state index in [2.05, 4.69) is 10.2 Å². The fourth-order valence-corrected chi connectivity index (χ4v) is 2.23. The fourth-order valence-electron chi connectivity index (χ4n) is 2.23. The third-order valence-electron chi connectivity index (χ3n) is 3.23. The van der Waals surface area contributed by atoms with E-state index in [1.165, 1.54) is 5.56 Å². The molecule has 19 heavy (non-hydrogen) atoms. The molecule has 1 aromatic carbocycles. The summed E-state index contributed by atoms with van der Waals surface area (Å²) in [5, 5.41) is 3.17. The molecule has 2 heterocycles. The van der Waals surface area contributed by atoms with Gasteiger partial charge in [-0.3, -0.25) is 4.40 Å². The number of rotatable bonds is 2. The largest absolute Gasteiger partial charge is 0.278 e. The highest BCUT2D eigenvalue weighted by Crippen LogP contribution is 2.31. The Bertz CT molecular complexity index is 757. The number of imidazole rings is 1. The Morgan fingerprint density at radius 1 is 1.05 bits per heavy atom. The van der Waals surface area contributed by atoms with Crippen LogP contribution < -0.4 is 0 Å². The van der Waals surface area contributed by atoms with E-state index >= 15 is 0 Å². The first-order valence-electron chi connectivity index (χ1n) is 6.09. The van der Waals surface area contributed by atoms with Crippen molar-refractivity contribution in [1.82, 2.24) is 9.38 Å². The van der Waals surface area contributed by atoms with Crippen LogP contribution in [-0.4, -0.2) is 9.38 Å². The Labute approximate surface area is 110 Å². The van der Waals surface area contributed by atoms with E-state index in [-0.39, 0.29) is 0 Å². The van der Waals surface area contributed by atoms with Gasteiger partial charge >= 0.3 is 0 Å². The summed E-state index contributed by atoms with van der Waals surface area (Å²) >= 11 is 0. The van der Waals surface area contributed by atoms with Gasteiger partial charge in [-0.25, -0.2) is 4.98 Å². The molecule has 0 aliphatic rings. The van der Waals surface area contributed by atoms with Crippen LogP contribution >= 0.6 is 0 Å². The molecule has 0 unspecified atom stereocenters. The maximum atomic E-state index is 11.2. The normalized spacial score (nSPS) is 10.8. The summed E-state index contributed by atoms with van der Waals surface area (Å²) in [5.74, 6) is 0.358. The van der Waals surface area contributed by atoms with Crippen LogP contribution in [0.2, 0.25) is 0 Å². The molecule has 0 atom stereocenters. The number of fused-ring (bicyclic) bond motifs is 1. The first kappa shape index (κ1) is 11.6. The monoisotopic (exact) mass is 251 g/mol. The molecule has 0 saturated heterocycles. The number of benzene rings is 1. The number of aromatic nitrogens is 2. The first-order chi connectivity index (χ1) is 9.20. The molecule has 4 heteroatoms. The lowest BCUT2D eigenvalue weighted by Crippen LogP contribution is -1.88. The van der Waals surface area contributed by atoms with Gasteiger partial charge in [0.05, 0.1) is 0 Å². The van der Waals surface area contributed by atoms with Gasteiger partial charge in [0.15, 0.2) is 0 Å². The van der Waals surface area contributed by atoms with Gasteiger partial charge in [0.1, 0.15) is 11.3 Å². The highest BCUT2D eigenvalue weighted by Gasteiger charge is 2.15. The molecule has 2 aromatic heterocycles. The van der Waals surface area contributed by atoms with Crippen LogP contribution in [0.1, 0.15) is 11.3 Å². The Morgan fingerprint density at radius 2 is 1.79 bits per heavy atom. The van der Waals surface area contributed by atoms with Crippen molar-refractivity contribution in [3.05, 3.63) is 58.6 Å². The van der Waals surface area contributed by atoms with Crippen molar-refractivity contribution in [3.63, 3.8) is 0 Å². The van der Waals surface area contributed by atoms with Crippen molar-refractivity contribution < 1.29 is 0 Å². The highest BCUT2D eigenvalue weighted by atomic mass is 16.3. The Morgan fingerprint density at radius 3 is 2.47 bits per heavy atom. The van der Waals surface area contributed by atoms with E-state index in [1.807, 2.05) is 56.3 Å². The number of aryl methyl sites for hydroxylation is 2. The minimum atomic E-state index is 0.358. The summed E-state index contributed by atoms with van der Waals surface area (Å²) in [6.45, 7) is 3.96. The summed E-state index contributed by atoms with van der Waals surface area (Å²) in [6.07, 6.45) is 0. The van der Waals surface area contributed by atoms with Crippen LogP contribution in [0.5, 0.6) is 0 Å². The van der Waals surface area contributed by atoms with Crippen LogP contribution in [0.3, 0.4) is 0 Å². The summed E-state index contributed by atoms with van der Waals surface area (Å²) in [7, 11) is 0. The molecule has 0 saturated carbocycles. The zero-order valence-corrected chi connectivity index (χ0v) is 10.8. The maximum Gasteiger partial charge on any atom is 0.209 e. The standard InChI is InChI=1S/C15H13N3O/c1-10-6-8-12(9-7-10)14-15(17-19)18-11(2)4-3-5-13(18)16-14/h3-9H,1-2H3. The van der Waals surface area contributed by atoms with Crippen LogP contribution in [0, 0.1) is 18.8 Å². The molecule has 0 bridgehead atoms. The lowest BCUT2D eigenvalue weighted by Gasteiger charge is -2.00. The molecule has 0 aliphatic carbocycles. The van der Waals surface area contributed by atoms with Crippen molar-refractivity contribution >= 4 is 11.5 Å². The molecule has 3 aromatic rings. The molecule has 94 valence electrons. The SMILES string of the molecule is Cc1ccc(-c2nc3cccc(C)n3c2N=O)cc1. The Balaban J connectivity index is 2.32. The number of hydrogen-bond acceptors (Lipinski definition) is 3. The van der Waals surface area contributed by atoms with Crippen LogP contribution in [0.4, 0.5) is 5.82 Å². The molecule has 4 nitrogen and oxygen atoms in total. The number of hydrogen-bond donors (Lipinski definition) is 0. The van der Waals surface area contributed by atoms with Gasteiger partial charge in [-0.2, -0.15) is 0 Å². The van der Waals surface area contributed by atoms with E-state index in [9.17, 15) is 4.91 Å². The van der Waals surface area contributed by atoms with Gasteiger partial charge in [0.2, 0.25) is 5.82 Å². The average Bonchev–Trinajstić information content (AvgIpc) is 2.79. The molecular formula is C15H13N3O. The molecule has 0 fully saturated rings. The smallest absolute Gasteiger partial charge is 0.209 e. The minimum Gasteiger partial charge on any atom is -0.278 e. The van der Waals surface area contributed by atoms with Gasteiger partial charge in [0.25, 0.3) is 0 Å². The van der Waals surface area contributed by atoms with E-state index in [1.54, 1.807) is 4.40 Å². The third-order valence-corrected chi connectivity index (χ3v) is 3.23. The lowest BCUT2D eigenvalue weighted by atomic mass is 10.1. The van der Waals surface area contributed by atoms with Crippen LogP contribution in [0.25, 0.3) is 16.9 Å². The molecule has 0 amide bonds. The summed E-state index contributed by atoms with van der Waals surface area (Å²) in [5.41, 5.74) is 4.39. The summed E-state index contributed by atoms with van der Waals surface area (Å²) in [6, 6.07) is 13.6. The van der Waals surface area contributed by atoms with Gasteiger partial charge in [0, 0.05) is 11.3 Å². The van der Waals surface area contributed by atoms with Crippen molar-refractivity contribution in [2.75, 3.05) is 0 Å². The topological polar surface area (TPSA) is 46.7 Å². The second kappa shape index (κ2) is 4.31. The second-order valence-corrected chi connectivity index (χ2v) is 4.60. The van der Waals surface area contributed by atoms with Crippen molar-refractivity contribution in [2.45, 2.75) is 13.8 Å². The zero-order valence-electron chi connectivity index (χ0n) is 10.8. The summed E-state index contributed by atoms with van der Waals surface area (Å²) in [4.78, 5) is 15.7. The summed E-state index contributed by atoms with van der Waals surface area (Å²) < 4.78 is 1.78. The fraction of sp³-hybridized carbons (Fsp3) is 0.133. The van der Waals surface area contributed by atoms with Crippen molar-refractivity contribution in [3.8, 4) is 11.3 Å². The highest BCUT2D eigenvalue weighted by molar-refractivity contribution is 5.74. The minimum absolute atomic E-state index is 0.358. The predicted octanol–water partition coefficient (Wildman–Crippen LogP) is 4.02. The van der Waals surface area contributed by atoms with Crippen molar-refractivity contribution in [1.29, 1.82) is 0 Å². The van der Waals surface area contributed by atoms with Gasteiger partial charge in [-0.1, -0.05) is 35.9 Å². The Hall–Kier alpha value is -2.49. The zero-order chi connectivity index (χ0) is 13.4. The van der Waals surface area contributed by atoms with Gasteiger partial charge < -0.3 is 0 Å². The Kier molecular flexibility index (Phi) is 2.63. The lowest BCUT2D eigenvalue weighted by molar-refractivity contribution is 1.08. The van der Waals surface area contributed by atoms with E-state index in [0.717, 1.165) is 16.9 Å². The second-order valence-electron chi connectivity index (χ2n) is 4.60. The number of pyridine rings is 1. The third kappa shape index (κ3) is 1.81. The quantitative estimate of drug-likeness (QED) is 0.646. The molecule has 0 aliphatic heterocycles. The first-order valence-corrected chi connectivity index (χ1v) is 6.09. The number of nitrogens with zero attached hydrogens (tertiary/aromatic N) is 3. The molecule has 0 spiro atoms. The average molecular weight is 251 g/mol. The van der Waals surface area contributed by atoms with Crippen LogP contribution in [0.15, 0.2) is 47.6 Å². The van der Waals surface area contributed by atoms with E-state index < -0.39 is 0 Å². The van der Waals surface area contributed by atoms with Gasteiger partial charge in [-0.15, -0.1) is 4.91 Å². The van der Waals surface area contributed by atoms with Crippen LogP contribution in [-0.2, 0) is 0 Å². The molecular weight excluding hydrogens is 238 g/mol. The van der Waals surface area contributed by atoms with Gasteiger partial charge in [-0.05, 0) is 31.2 Å². The van der Waals surface area contributed by atoms with E-state index in [4.69, 9.17) is 0 Å². The van der Waals surface area contributed by atoms with E-state index in [0.29, 0.717) is 11.5 Å². The maximum absolute atomic E-state index is 11.2.